The van der Waals surface area contributed by atoms with E-state index in [2.05, 4.69) is 5.32 Å². The van der Waals surface area contributed by atoms with E-state index in [1.165, 1.54) is 58.6 Å². The third-order valence-electron chi connectivity index (χ3n) is 3.71. The average molecular weight is 377 g/mol. The van der Waals surface area contributed by atoms with Crippen LogP contribution >= 0.6 is 0 Å². The highest BCUT2D eigenvalue weighted by Crippen LogP contribution is 2.35. The van der Waals surface area contributed by atoms with Gasteiger partial charge in [-0.3, -0.25) is 4.79 Å². The normalized spacial score (nSPS) is 11.3. The summed E-state index contributed by atoms with van der Waals surface area (Å²) in [6.45, 7) is 1.38. The zero-order valence-electron chi connectivity index (χ0n) is 15.4. The van der Waals surface area contributed by atoms with Crippen LogP contribution in [0.2, 0.25) is 0 Å². The van der Waals surface area contributed by atoms with Gasteiger partial charge >= 0.3 is 5.97 Å². The number of hydrogen-bond acceptors (Lipinski definition) is 6. The van der Waals surface area contributed by atoms with Gasteiger partial charge in [0.1, 0.15) is 17.1 Å². The van der Waals surface area contributed by atoms with E-state index in [4.69, 9.17) is 18.9 Å². The van der Waals surface area contributed by atoms with Gasteiger partial charge in [-0.25, -0.2) is 9.18 Å². The number of ether oxygens (including phenoxy) is 4. The lowest BCUT2D eigenvalue weighted by Crippen LogP contribution is -2.30. The quantitative estimate of drug-likeness (QED) is 0.747. The summed E-state index contributed by atoms with van der Waals surface area (Å²) in [7, 11) is 4.25. The second-order valence-corrected chi connectivity index (χ2v) is 5.42. The Bertz CT molecular complexity index is 839. The Morgan fingerprint density at radius 2 is 1.56 bits per heavy atom. The van der Waals surface area contributed by atoms with E-state index < -0.39 is 23.8 Å². The molecule has 0 bridgehead atoms. The van der Waals surface area contributed by atoms with Crippen molar-refractivity contribution in [3.63, 3.8) is 0 Å². The van der Waals surface area contributed by atoms with Crippen molar-refractivity contribution in [3.8, 4) is 17.2 Å². The summed E-state index contributed by atoms with van der Waals surface area (Å²) >= 11 is 0. The van der Waals surface area contributed by atoms with Crippen LogP contribution in [-0.4, -0.2) is 39.3 Å². The molecule has 0 aliphatic rings. The molecular weight excluding hydrogens is 357 g/mol. The van der Waals surface area contributed by atoms with Crippen LogP contribution < -0.4 is 19.5 Å². The molecule has 2 rings (SSSR count). The Morgan fingerprint density at radius 1 is 0.963 bits per heavy atom. The van der Waals surface area contributed by atoms with Gasteiger partial charge in [0.2, 0.25) is 0 Å². The highest BCUT2D eigenvalue weighted by Gasteiger charge is 2.24. The Labute approximate surface area is 156 Å². The highest BCUT2D eigenvalue weighted by atomic mass is 19.1. The van der Waals surface area contributed by atoms with Crippen molar-refractivity contribution in [2.24, 2.45) is 0 Å². The minimum Gasteiger partial charge on any atom is -0.496 e. The summed E-state index contributed by atoms with van der Waals surface area (Å²) in [5.41, 5.74) is 0.0507. The smallest absolute Gasteiger partial charge is 0.342 e. The fourth-order valence-electron chi connectivity index (χ4n) is 2.26. The molecule has 0 spiro atoms. The molecular formula is C19H20FNO6. The lowest BCUT2D eigenvalue weighted by molar-refractivity contribution is -0.123. The molecule has 1 amide bonds. The molecule has 27 heavy (non-hydrogen) atoms. The van der Waals surface area contributed by atoms with E-state index in [-0.39, 0.29) is 17.0 Å². The number of benzene rings is 2. The number of carbonyl (C=O) groups is 2. The molecule has 8 heteroatoms. The van der Waals surface area contributed by atoms with Crippen LogP contribution in [0.5, 0.6) is 17.2 Å². The van der Waals surface area contributed by atoms with Crippen LogP contribution in [0.25, 0.3) is 0 Å². The van der Waals surface area contributed by atoms with E-state index in [0.717, 1.165) is 0 Å². The molecule has 7 nitrogen and oxygen atoms in total. The minimum absolute atomic E-state index is 0.00547. The second kappa shape index (κ2) is 8.88. The number of amides is 1. The van der Waals surface area contributed by atoms with Gasteiger partial charge in [0.15, 0.2) is 17.6 Å². The number of rotatable bonds is 7. The number of halogens is 1. The molecule has 0 aliphatic carbocycles. The van der Waals surface area contributed by atoms with Gasteiger partial charge in [-0.1, -0.05) is 12.1 Å². The third-order valence-corrected chi connectivity index (χ3v) is 3.71. The number of para-hydroxylation sites is 1. The monoisotopic (exact) mass is 377 g/mol. The molecule has 1 N–H and O–H groups in total. The molecule has 0 saturated carbocycles. The van der Waals surface area contributed by atoms with Crippen molar-refractivity contribution >= 4 is 17.6 Å². The Kier molecular flexibility index (Phi) is 6.59. The predicted octanol–water partition coefficient (Wildman–Crippen LogP) is 3.04. The zero-order valence-corrected chi connectivity index (χ0v) is 15.4. The minimum atomic E-state index is -1.17. The van der Waals surface area contributed by atoms with E-state index in [1.807, 2.05) is 0 Å². The summed E-state index contributed by atoms with van der Waals surface area (Å²) in [5, 5.41) is 2.37. The molecule has 2 aromatic rings. The summed E-state index contributed by atoms with van der Waals surface area (Å²) in [6.07, 6.45) is -1.17. The highest BCUT2D eigenvalue weighted by molar-refractivity contribution is 5.98. The van der Waals surface area contributed by atoms with E-state index in [1.54, 1.807) is 6.07 Å². The average Bonchev–Trinajstić information content (AvgIpc) is 2.68. The molecule has 1 atom stereocenters. The fraction of sp³-hybridized carbons (Fsp3) is 0.263. The van der Waals surface area contributed by atoms with Crippen molar-refractivity contribution in [3.05, 3.63) is 47.8 Å². The maximum Gasteiger partial charge on any atom is 0.342 e. The lowest BCUT2D eigenvalue weighted by Gasteiger charge is -2.16. The summed E-state index contributed by atoms with van der Waals surface area (Å²) < 4.78 is 34.3. The van der Waals surface area contributed by atoms with Gasteiger partial charge in [-0.2, -0.15) is 0 Å². The van der Waals surface area contributed by atoms with Crippen molar-refractivity contribution in [1.29, 1.82) is 0 Å². The van der Waals surface area contributed by atoms with Gasteiger partial charge < -0.3 is 24.3 Å². The molecule has 0 fully saturated rings. The largest absolute Gasteiger partial charge is 0.496 e. The van der Waals surface area contributed by atoms with Crippen LogP contribution in [0, 0.1) is 5.82 Å². The molecule has 0 aromatic heterocycles. The Morgan fingerprint density at radius 3 is 2.15 bits per heavy atom. The zero-order chi connectivity index (χ0) is 20.0. The van der Waals surface area contributed by atoms with Crippen LogP contribution in [0.15, 0.2) is 36.4 Å². The van der Waals surface area contributed by atoms with Gasteiger partial charge in [0.05, 0.1) is 27.0 Å². The van der Waals surface area contributed by atoms with Crippen LogP contribution in [0.1, 0.15) is 17.3 Å². The van der Waals surface area contributed by atoms with Gasteiger partial charge in [0.25, 0.3) is 5.91 Å². The fourth-order valence-corrected chi connectivity index (χ4v) is 2.26. The number of esters is 1. The first kappa shape index (κ1) is 20.0. The first-order chi connectivity index (χ1) is 12.9. The molecule has 144 valence electrons. The first-order valence-electron chi connectivity index (χ1n) is 7.97. The van der Waals surface area contributed by atoms with Crippen molar-refractivity contribution in [1.82, 2.24) is 0 Å². The SMILES string of the molecule is COc1cc(OC)c(C(=O)O[C@@H](C)C(=O)Nc2ccccc2F)cc1OC. The molecule has 0 aliphatic heterocycles. The van der Waals surface area contributed by atoms with Crippen LogP contribution in [0.4, 0.5) is 10.1 Å². The van der Waals surface area contributed by atoms with Crippen molar-refractivity contribution in [2.75, 3.05) is 26.6 Å². The van der Waals surface area contributed by atoms with Crippen molar-refractivity contribution in [2.45, 2.75) is 13.0 Å². The second-order valence-electron chi connectivity index (χ2n) is 5.42. The topological polar surface area (TPSA) is 83.1 Å². The van der Waals surface area contributed by atoms with Crippen LogP contribution in [0.3, 0.4) is 0 Å². The standard InChI is InChI=1S/C19H20FNO6/c1-11(18(22)21-14-8-6-5-7-13(14)20)27-19(23)12-9-16(25-3)17(26-4)10-15(12)24-2/h5-11H,1-4H3,(H,21,22)/t11-/m0/s1. The van der Waals surface area contributed by atoms with E-state index in [0.29, 0.717) is 11.5 Å². The summed E-state index contributed by atoms with van der Waals surface area (Å²) in [6, 6.07) is 8.54. The summed E-state index contributed by atoms with van der Waals surface area (Å²) in [4.78, 5) is 24.7. The Balaban J connectivity index is 2.16. The van der Waals surface area contributed by atoms with E-state index >= 15 is 0 Å². The number of carbonyl (C=O) groups excluding carboxylic acids is 2. The number of nitrogens with one attached hydrogen (secondary N) is 1. The number of anilines is 1. The van der Waals surface area contributed by atoms with Gasteiger partial charge in [0, 0.05) is 12.1 Å². The van der Waals surface area contributed by atoms with Crippen molar-refractivity contribution < 1.29 is 32.9 Å². The maximum absolute atomic E-state index is 13.6. The van der Waals surface area contributed by atoms with E-state index in [9.17, 15) is 14.0 Å². The number of hydrogen-bond donors (Lipinski definition) is 1. The lowest BCUT2D eigenvalue weighted by atomic mass is 10.1. The van der Waals surface area contributed by atoms with Gasteiger partial charge in [-0.15, -0.1) is 0 Å². The Hall–Kier alpha value is -3.29. The third kappa shape index (κ3) is 4.66. The molecule has 0 radical (unpaired) electrons. The predicted molar refractivity (Wildman–Crippen MR) is 96.0 cm³/mol. The summed E-state index contributed by atoms with van der Waals surface area (Å²) in [5.74, 6) is -1.20. The maximum atomic E-state index is 13.6. The molecule has 0 unspecified atom stereocenters. The number of methoxy groups -OCH3 is 3. The molecule has 0 saturated heterocycles. The molecule has 2 aromatic carbocycles. The van der Waals surface area contributed by atoms with Gasteiger partial charge in [-0.05, 0) is 19.1 Å². The first-order valence-corrected chi connectivity index (χ1v) is 7.97. The van der Waals surface area contributed by atoms with Crippen LogP contribution in [-0.2, 0) is 9.53 Å². The molecule has 0 heterocycles.